The Bertz CT molecular complexity index is 249. The highest BCUT2D eigenvalue weighted by molar-refractivity contribution is 5.73. The molecule has 0 aromatic rings. The lowest BCUT2D eigenvalue weighted by atomic mass is 10.1. The van der Waals surface area contributed by atoms with Crippen LogP contribution < -0.4 is 5.73 Å². The van der Waals surface area contributed by atoms with Crippen molar-refractivity contribution >= 4 is 5.97 Å². The zero-order chi connectivity index (χ0) is 12.3. The highest BCUT2D eigenvalue weighted by atomic mass is 16.7. The minimum absolute atomic E-state index is 0.203. The van der Waals surface area contributed by atoms with Crippen LogP contribution in [-0.4, -0.2) is 70.3 Å². The standard InChI is InChI=1S/C8H15NO7/c9-3(7(13)14)1-15-8-6(12)5(11)4(10)2-16-8/h3-6,8,10-12H,1-2,9H2,(H,13,14)/t3-,4+,5-,6+,8+/m0/s1. The lowest BCUT2D eigenvalue weighted by Crippen LogP contribution is -2.54. The molecule has 0 bridgehead atoms. The van der Waals surface area contributed by atoms with Gasteiger partial charge in [0.1, 0.15) is 24.4 Å². The van der Waals surface area contributed by atoms with Crippen LogP contribution in [0.25, 0.3) is 0 Å². The third kappa shape index (κ3) is 3.11. The summed E-state index contributed by atoms with van der Waals surface area (Å²) in [6.45, 7) is -0.564. The molecule has 1 aliphatic rings. The van der Waals surface area contributed by atoms with Crippen LogP contribution in [0.2, 0.25) is 0 Å². The average Bonchev–Trinajstić information content (AvgIpc) is 2.24. The summed E-state index contributed by atoms with van der Waals surface area (Å²) >= 11 is 0. The summed E-state index contributed by atoms with van der Waals surface area (Å²) < 4.78 is 9.76. The van der Waals surface area contributed by atoms with Gasteiger partial charge in [-0.05, 0) is 0 Å². The summed E-state index contributed by atoms with van der Waals surface area (Å²) in [5, 5.41) is 36.3. The Labute approximate surface area is 91.2 Å². The summed E-state index contributed by atoms with van der Waals surface area (Å²) in [4.78, 5) is 10.4. The van der Waals surface area contributed by atoms with Crippen LogP contribution in [0, 0.1) is 0 Å². The van der Waals surface area contributed by atoms with Crippen molar-refractivity contribution < 1.29 is 34.7 Å². The predicted molar refractivity (Wildman–Crippen MR) is 49.3 cm³/mol. The Hall–Kier alpha value is -0.770. The van der Waals surface area contributed by atoms with Gasteiger partial charge in [-0.2, -0.15) is 0 Å². The number of carboxylic acids is 1. The molecule has 1 aliphatic heterocycles. The zero-order valence-corrected chi connectivity index (χ0v) is 8.39. The van der Waals surface area contributed by atoms with Crippen molar-refractivity contribution in [2.45, 2.75) is 30.6 Å². The number of hydrogen-bond donors (Lipinski definition) is 5. The van der Waals surface area contributed by atoms with E-state index in [4.69, 9.17) is 25.4 Å². The fourth-order valence-corrected chi connectivity index (χ4v) is 1.20. The van der Waals surface area contributed by atoms with E-state index in [1.165, 1.54) is 0 Å². The normalized spacial score (nSPS) is 37.0. The molecule has 8 heteroatoms. The molecule has 0 aromatic carbocycles. The van der Waals surface area contributed by atoms with Crippen LogP contribution in [0.3, 0.4) is 0 Å². The van der Waals surface area contributed by atoms with Crippen LogP contribution in [0.15, 0.2) is 0 Å². The Morgan fingerprint density at radius 2 is 2.06 bits per heavy atom. The van der Waals surface area contributed by atoms with Gasteiger partial charge in [-0.1, -0.05) is 0 Å². The molecule has 1 fully saturated rings. The number of nitrogens with two attached hydrogens (primary N) is 1. The monoisotopic (exact) mass is 237 g/mol. The molecule has 1 saturated heterocycles. The lowest BCUT2D eigenvalue weighted by Gasteiger charge is -2.35. The van der Waals surface area contributed by atoms with Crippen molar-refractivity contribution in [3.05, 3.63) is 0 Å². The fraction of sp³-hybridized carbons (Fsp3) is 0.875. The first-order valence-electron chi connectivity index (χ1n) is 4.69. The molecule has 0 spiro atoms. The van der Waals surface area contributed by atoms with Gasteiger partial charge in [-0.25, -0.2) is 0 Å². The maximum Gasteiger partial charge on any atom is 0.322 e. The Morgan fingerprint density at radius 1 is 1.44 bits per heavy atom. The summed E-state index contributed by atoms with van der Waals surface area (Å²) in [7, 11) is 0. The third-order valence-electron chi connectivity index (χ3n) is 2.21. The van der Waals surface area contributed by atoms with Gasteiger partial charge in [-0.15, -0.1) is 0 Å². The topological polar surface area (TPSA) is 142 Å². The van der Waals surface area contributed by atoms with Gasteiger partial charge in [0, 0.05) is 0 Å². The quantitative estimate of drug-likeness (QED) is 0.345. The summed E-state index contributed by atoms with van der Waals surface area (Å²) in [5.74, 6) is -1.24. The van der Waals surface area contributed by atoms with Crippen LogP contribution in [0.5, 0.6) is 0 Å². The van der Waals surface area contributed by atoms with E-state index in [0.29, 0.717) is 0 Å². The molecular weight excluding hydrogens is 222 g/mol. The Kier molecular flexibility index (Phi) is 4.59. The van der Waals surface area contributed by atoms with Crippen LogP contribution in [-0.2, 0) is 14.3 Å². The number of aliphatic hydroxyl groups excluding tert-OH is 3. The van der Waals surface area contributed by atoms with E-state index < -0.39 is 36.6 Å². The number of hydrogen-bond acceptors (Lipinski definition) is 7. The van der Waals surface area contributed by atoms with E-state index >= 15 is 0 Å². The highest BCUT2D eigenvalue weighted by Gasteiger charge is 2.38. The number of carbonyl (C=O) groups is 1. The molecule has 5 atom stereocenters. The van der Waals surface area contributed by atoms with E-state index in [2.05, 4.69) is 0 Å². The smallest absolute Gasteiger partial charge is 0.322 e. The molecule has 0 aromatic heterocycles. The number of rotatable bonds is 4. The molecule has 6 N–H and O–H groups in total. The largest absolute Gasteiger partial charge is 0.480 e. The molecule has 0 unspecified atom stereocenters. The van der Waals surface area contributed by atoms with Crippen molar-refractivity contribution in [3.63, 3.8) is 0 Å². The van der Waals surface area contributed by atoms with Crippen molar-refractivity contribution in [1.29, 1.82) is 0 Å². The number of ether oxygens (including phenoxy) is 2. The maximum atomic E-state index is 10.4. The van der Waals surface area contributed by atoms with E-state index in [1.807, 2.05) is 0 Å². The first-order chi connectivity index (χ1) is 7.43. The Morgan fingerprint density at radius 3 is 2.62 bits per heavy atom. The lowest BCUT2D eigenvalue weighted by molar-refractivity contribution is -0.270. The molecule has 8 nitrogen and oxygen atoms in total. The summed E-state index contributed by atoms with van der Waals surface area (Å²) in [6, 6.07) is -1.24. The van der Waals surface area contributed by atoms with Gasteiger partial charge >= 0.3 is 5.97 Å². The first kappa shape index (κ1) is 13.3. The molecule has 1 heterocycles. The number of aliphatic hydroxyl groups is 3. The zero-order valence-electron chi connectivity index (χ0n) is 8.39. The minimum atomic E-state index is -1.44. The summed E-state index contributed by atoms with van der Waals surface area (Å²) in [6.07, 6.45) is -5.21. The van der Waals surface area contributed by atoms with E-state index in [9.17, 15) is 15.0 Å². The van der Waals surface area contributed by atoms with Crippen molar-refractivity contribution in [2.75, 3.05) is 13.2 Å². The van der Waals surface area contributed by atoms with E-state index in [-0.39, 0.29) is 13.2 Å². The minimum Gasteiger partial charge on any atom is -0.480 e. The number of aliphatic carboxylic acids is 1. The van der Waals surface area contributed by atoms with Gasteiger partial charge < -0.3 is 35.6 Å². The fourth-order valence-electron chi connectivity index (χ4n) is 1.20. The third-order valence-corrected chi connectivity index (χ3v) is 2.21. The molecule has 0 saturated carbocycles. The second kappa shape index (κ2) is 5.53. The molecule has 0 amide bonds. The molecule has 16 heavy (non-hydrogen) atoms. The van der Waals surface area contributed by atoms with Crippen molar-refractivity contribution in [1.82, 2.24) is 0 Å². The molecule has 0 radical (unpaired) electrons. The molecular formula is C8H15NO7. The van der Waals surface area contributed by atoms with Gasteiger partial charge in [0.15, 0.2) is 6.29 Å². The van der Waals surface area contributed by atoms with Gasteiger partial charge in [0.2, 0.25) is 0 Å². The van der Waals surface area contributed by atoms with Gasteiger partial charge in [0.25, 0.3) is 0 Å². The van der Waals surface area contributed by atoms with E-state index in [1.54, 1.807) is 0 Å². The Balaban J connectivity index is 2.40. The average molecular weight is 237 g/mol. The van der Waals surface area contributed by atoms with Crippen LogP contribution in [0.1, 0.15) is 0 Å². The first-order valence-corrected chi connectivity index (χ1v) is 4.69. The predicted octanol–water partition coefficient (Wildman–Crippen LogP) is -3.15. The highest BCUT2D eigenvalue weighted by Crippen LogP contribution is 2.16. The van der Waals surface area contributed by atoms with Crippen LogP contribution in [0.4, 0.5) is 0 Å². The number of carboxylic acid groups (broad SMARTS) is 1. The molecule has 0 aliphatic carbocycles. The maximum absolute atomic E-state index is 10.4. The second-order valence-electron chi connectivity index (χ2n) is 3.53. The molecule has 94 valence electrons. The SMILES string of the molecule is N[C@@H](CO[C@@H]1OC[C@@H](O)[C@H](O)[C@H]1O)C(=O)O. The molecule has 1 rings (SSSR count). The van der Waals surface area contributed by atoms with Crippen molar-refractivity contribution in [2.24, 2.45) is 5.73 Å². The van der Waals surface area contributed by atoms with Crippen molar-refractivity contribution in [3.8, 4) is 0 Å². The van der Waals surface area contributed by atoms with E-state index in [0.717, 1.165) is 0 Å². The van der Waals surface area contributed by atoms with Crippen LogP contribution >= 0.6 is 0 Å². The summed E-state index contributed by atoms with van der Waals surface area (Å²) in [5.41, 5.74) is 5.17. The van der Waals surface area contributed by atoms with Gasteiger partial charge in [-0.3, -0.25) is 4.79 Å². The van der Waals surface area contributed by atoms with Gasteiger partial charge in [0.05, 0.1) is 13.2 Å². The second-order valence-corrected chi connectivity index (χ2v) is 3.53.